The Morgan fingerprint density at radius 1 is 1.36 bits per heavy atom. The van der Waals surface area contributed by atoms with E-state index in [4.69, 9.17) is 0 Å². The van der Waals surface area contributed by atoms with Crippen molar-refractivity contribution in [3.05, 3.63) is 41.7 Å². The molecule has 0 heterocycles. The Labute approximate surface area is 83.6 Å². The van der Waals surface area contributed by atoms with Crippen LogP contribution in [0.15, 0.2) is 30.3 Å². The molecule has 1 aliphatic carbocycles. The van der Waals surface area contributed by atoms with Crippen molar-refractivity contribution in [1.29, 1.82) is 0 Å². The zero-order valence-corrected chi connectivity index (χ0v) is 8.04. The van der Waals surface area contributed by atoms with E-state index in [0.717, 1.165) is 6.54 Å². The van der Waals surface area contributed by atoms with E-state index >= 15 is 0 Å². The summed E-state index contributed by atoms with van der Waals surface area (Å²) in [6.07, 6.45) is 6.36. The molecule has 0 spiro atoms. The molecule has 0 unspecified atom stereocenters. The van der Waals surface area contributed by atoms with Gasteiger partial charge in [-0.2, -0.15) is 0 Å². The zero-order valence-electron chi connectivity index (χ0n) is 8.04. The van der Waals surface area contributed by atoms with Crippen LogP contribution in [0.3, 0.4) is 0 Å². The number of nitrogens with one attached hydrogen (secondary N) is 1. The van der Waals surface area contributed by atoms with Crippen LogP contribution in [0.2, 0.25) is 0 Å². The van der Waals surface area contributed by atoms with E-state index < -0.39 is 0 Å². The fourth-order valence-corrected chi connectivity index (χ4v) is 1.32. The molecular weight excluding hydrogens is 177 g/mol. The lowest BCUT2D eigenvalue weighted by atomic mass is 10.2. The third-order valence-electron chi connectivity index (χ3n) is 2.30. The molecule has 0 aliphatic heterocycles. The van der Waals surface area contributed by atoms with Crippen molar-refractivity contribution < 1.29 is 4.39 Å². The van der Waals surface area contributed by atoms with Gasteiger partial charge in [-0.25, -0.2) is 4.39 Å². The lowest BCUT2D eigenvalue weighted by molar-refractivity contribution is 0.625. The Kier molecular flexibility index (Phi) is 2.94. The Balaban J connectivity index is 1.85. The van der Waals surface area contributed by atoms with Gasteiger partial charge in [-0.05, 0) is 18.9 Å². The number of halogens is 1. The molecule has 1 fully saturated rings. The minimum Gasteiger partial charge on any atom is -0.311 e. The van der Waals surface area contributed by atoms with Crippen molar-refractivity contribution in [3.8, 4) is 0 Å². The molecule has 1 saturated carbocycles. The summed E-state index contributed by atoms with van der Waals surface area (Å²) < 4.78 is 13.1. The number of benzene rings is 1. The molecule has 0 atom stereocenters. The Hall–Kier alpha value is -1.15. The summed E-state index contributed by atoms with van der Waals surface area (Å²) in [6.45, 7) is 0.832. The van der Waals surface area contributed by atoms with Crippen molar-refractivity contribution in [2.45, 2.75) is 18.9 Å². The van der Waals surface area contributed by atoms with Gasteiger partial charge in [0.2, 0.25) is 0 Å². The minimum atomic E-state index is -0.157. The van der Waals surface area contributed by atoms with Crippen LogP contribution in [0.4, 0.5) is 4.39 Å². The van der Waals surface area contributed by atoms with E-state index in [-0.39, 0.29) is 5.82 Å². The maximum atomic E-state index is 13.1. The largest absolute Gasteiger partial charge is 0.311 e. The van der Waals surface area contributed by atoms with Gasteiger partial charge < -0.3 is 5.32 Å². The van der Waals surface area contributed by atoms with Crippen molar-refractivity contribution in [2.75, 3.05) is 6.54 Å². The Bertz CT molecular complexity index is 329. The fourth-order valence-electron chi connectivity index (χ4n) is 1.32. The molecular formula is C12H14FN. The molecule has 0 saturated heterocycles. The third kappa shape index (κ3) is 2.67. The normalized spacial score (nSPS) is 16.4. The van der Waals surface area contributed by atoms with E-state index in [0.29, 0.717) is 11.6 Å². The Morgan fingerprint density at radius 3 is 2.86 bits per heavy atom. The van der Waals surface area contributed by atoms with Gasteiger partial charge in [-0.15, -0.1) is 0 Å². The predicted octanol–water partition coefficient (Wildman–Crippen LogP) is 2.59. The molecule has 74 valence electrons. The second kappa shape index (κ2) is 4.38. The van der Waals surface area contributed by atoms with Gasteiger partial charge in [0.05, 0.1) is 0 Å². The van der Waals surface area contributed by atoms with Gasteiger partial charge in [0.1, 0.15) is 5.82 Å². The second-order valence-electron chi connectivity index (χ2n) is 3.61. The maximum absolute atomic E-state index is 13.1. The van der Waals surface area contributed by atoms with Crippen molar-refractivity contribution in [3.63, 3.8) is 0 Å². The molecule has 1 nitrogen and oxygen atoms in total. The first kappa shape index (κ1) is 9.41. The van der Waals surface area contributed by atoms with Crippen LogP contribution in [0.25, 0.3) is 6.08 Å². The predicted molar refractivity (Wildman–Crippen MR) is 56.5 cm³/mol. The van der Waals surface area contributed by atoms with Crippen molar-refractivity contribution in [2.24, 2.45) is 0 Å². The van der Waals surface area contributed by atoms with Crippen molar-refractivity contribution >= 4 is 6.08 Å². The van der Waals surface area contributed by atoms with Crippen LogP contribution < -0.4 is 5.32 Å². The lowest BCUT2D eigenvalue weighted by Crippen LogP contribution is -2.15. The topological polar surface area (TPSA) is 12.0 Å². The van der Waals surface area contributed by atoms with Crippen LogP contribution in [0, 0.1) is 5.82 Å². The number of hydrogen-bond donors (Lipinski definition) is 1. The number of rotatable bonds is 4. The average Bonchev–Trinajstić information content (AvgIpc) is 2.99. The lowest BCUT2D eigenvalue weighted by Gasteiger charge is -1.97. The summed E-state index contributed by atoms with van der Waals surface area (Å²) in [5.74, 6) is -0.157. The average molecular weight is 191 g/mol. The summed E-state index contributed by atoms with van der Waals surface area (Å²) in [5, 5.41) is 3.34. The second-order valence-corrected chi connectivity index (χ2v) is 3.61. The van der Waals surface area contributed by atoms with E-state index in [1.807, 2.05) is 18.2 Å². The molecule has 1 aromatic carbocycles. The zero-order chi connectivity index (χ0) is 9.80. The van der Waals surface area contributed by atoms with Crippen LogP contribution in [0.1, 0.15) is 18.4 Å². The highest BCUT2D eigenvalue weighted by molar-refractivity contribution is 5.49. The molecule has 0 radical (unpaired) electrons. The van der Waals surface area contributed by atoms with E-state index in [1.165, 1.54) is 18.9 Å². The molecule has 2 heteroatoms. The third-order valence-corrected chi connectivity index (χ3v) is 2.30. The summed E-state index contributed by atoms with van der Waals surface area (Å²) in [6, 6.07) is 7.52. The molecule has 0 aromatic heterocycles. The highest BCUT2D eigenvalue weighted by Gasteiger charge is 2.18. The molecule has 1 N–H and O–H groups in total. The minimum absolute atomic E-state index is 0.157. The van der Waals surface area contributed by atoms with Gasteiger partial charge >= 0.3 is 0 Å². The first-order valence-corrected chi connectivity index (χ1v) is 5.01. The molecule has 0 amide bonds. The van der Waals surface area contributed by atoms with Crippen LogP contribution >= 0.6 is 0 Å². The molecule has 2 rings (SSSR count). The Morgan fingerprint density at radius 2 is 2.14 bits per heavy atom. The first-order chi connectivity index (χ1) is 6.86. The quantitative estimate of drug-likeness (QED) is 0.771. The van der Waals surface area contributed by atoms with Crippen molar-refractivity contribution in [1.82, 2.24) is 5.32 Å². The maximum Gasteiger partial charge on any atom is 0.130 e. The van der Waals surface area contributed by atoms with Gasteiger partial charge in [-0.3, -0.25) is 0 Å². The standard InChI is InChI=1S/C12H14FN/c13-12-6-2-1-4-10(12)5-3-9-14-11-7-8-11/h1-6,11,14H,7-9H2. The molecule has 0 bridgehead atoms. The van der Waals surface area contributed by atoms with Crippen LogP contribution in [-0.2, 0) is 0 Å². The molecule has 1 aliphatic rings. The van der Waals surface area contributed by atoms with E-state index in [2.05, 4.69) is 5.32 Å². The van der Waals surface area contributed by atoms with Crippen LogP contribution in [0.5, 0.6) is 0 Å². The van der Waals surface area contributed by atoms with Crippen LogP contribution in [-0.4, -0.2) is 12.6 Å². The summed E-state index contributed by atoms with van der Waals surface area (Å²) in [4.78, 5) is 0. The molecule has 14 heavy (non-hydrogen) atoms. The SMILES string of the molecule is Fc1ccccc1C=CCNC1CC1. The summed E-state index contributed by atoms with van der Waals surface area (Å²) >= 11 is 0. The highest BCUT2D eigenvalue weighted by atomic mass is 19.1. The van der Waals surface area contributed by atoms with E-state index in [9.17, 15) is 4.39 Å². The van der Waals surface area contributed by atoms with Gasteiger partial charge in [0.15, 0.2) is 0 Å². The van der Waals surface area contributed by atoms with Gasteiger partial charge in [-0.1, -0.05) is 30.4 Å². The number of hydrogen-bond acceptors (Lipinski definition) is 1. The monoisotopic (exact) mass is 191 g/mol. The van der Waals surface area contributed by atoms with Gasteiger partial charge in [0.25, 0.3) is 0 Å². The summed E-state index contributed by atoms with van der Waals surface area (Å²) in [7, 11) is 0. The molecule has 1 aromatic rings. The first-order valence-electron chi connectivity index (χ1n) is 5.01. The van der Waals surface area contributed by atoms with E-state index in [1.54, 1.807) is 12.1 Å². The summed E-state index contributed by atoms with van der Waals surface area (Å²) in [5.41, 5.74) is 0.657. The van der Waals surface area contributed by atoms with Gasteiger partial charge in [0, 0.05) is 18.2 Å². The smallest absolute Gasteiger partial charge is 0.130 e. The fraction of sp³-hybridized carbons (Fsp3) is 0.333. The highest BCUT2D eigenvalue weighted by Crippen LogP contribution is 2.18.